The zero-order chi connectivity index (χ0) is 24.0. The fraction of sp³-hybridized carbons (Fsp3) is 0.320. The summed E-state index contributed by atoms with van der Waals surface area (Å²) in [7, 11) is 3.18. The number of carbonyl (C=O) groups is 1. The molecule has 1 unspecified atom stereocenters. The molecule has 172 valence electrons. The molecule has 8 heteroatoms. The van der Waals surface area contributed by atoms with Gasteiger partial charge in [0.25, 0.3) is 0 Å². The first-order valence-electron chi connectivity index (χ1n) is 10.6. The van der Waals surface area contributed by atoms with Crippen LogP contribution in [0.3, 0.4) is 0 Å². The lowest BCUT2D eigenvalue weighted by molar-refractivity contribution is -0.125. The van der Waals surface area contributed by atoms with Crippen molar-refractivity contribution >= 4 is 11.7 Å². The van der Waals surface area contributed by atoms with E-state index in [9.17, 15) is 4.79 Å². The van der Waals surface area contributed by atoms with Crippen LogP contribution in [0, 0.1) is 18.8 Å². The highest BCUT2D eigenvalue weighted by molar-refractivity contribution is 6.00. The smallest absolute Gasteiger partial charge is 0.246 e. The number of ether oxygens (including phenoxy) is 2. The van der Waals surface area contributed by atoms with Crippen LogP contribution in [0.25, 0.3) is 0 Å². The Balaban J connectivity index is 2.01. The first kappa shape index (κ1) is 23.7. The van der Waals surface area contributed by atoms with Gasteiger partial charge in [0.2, 0.25) is 5.91 Å². The minimum Gasteiger partial charge on any atom is -0.497 e. The molecule has 3 rings (SSSR count). The highest BCUT2D eigenvalue weighted by Crippen LogP contribution is 2.26. The highest BCUT2D eigenvalue weighted by atomic mass is 16.5. The van der Waals surface area contributed by atoms with Gasteiger partial charge in [-0.25, -0.2) is 4.99 Å². The van der Waals surface area contributed by atoms with Crippen molar-refractivity contribution in [2.75, 3.05) is 27.3 Å². The van der Waals surface area contributed by atoms with Gasteiger partial charge in [-0.1, -0.05) is 18.6 Å². The van der Waals surface area contributed by atoms with Gasteiger partial charge in [0.15, 0.2) is 0 Å². The van der Waals surface area contributed by atoms with E-state index in [4.69, 9.17) is 20.3 Å². The zero-order valence-electron chi connectivity index (χ0n) is 19.5. The molecule has 33 heavy (non-hydrogen) atoms. The third kappa shape index (κ3) is 5.26. The summed E-state index contributed by atoms with van der Waals surface area (Å²) in [5, 5.41) is 4.76. The Morgan fingerprint density at radius 2 is 1.97 bits per heavy atom. The van der Waals surface area contributed by atoms with Crippen LogP contribution in [0.1, 0.15) is 41.9 Å². The van der Waals surface area contributed by atoms with Crippen LogP contribution in [0.2, 0.25) is 0 Å². The molecule has 0 saturated carbocycles. The number of nitrogens with two attached hydrogens (primary N) is 1. The van der Waals surface area contributed by atoms with E-state index >= 15 is 0 Å². The zero-order valence-corrected chi connectivity index (χ0v) is 19.5. The highest BCUT2D eigenvalue weighted by Gasteiger charge is 2.29. The third-order valence-corrected chi connectivity index (χ3v) is 5.44. The quantitative estimate of drug-likeness (QED) is 0.318. The van der Waals surface area contributed by atoms with E-state index in [1.165, 1.54) is 6.20 Å². The molecule has 1 aromatic heterocycles. The minimum atomic E-state index is 0.00440. The molecule has 1 amide bonds. The van der Waals surface area contributed by atoms with Crippen molar-refractivity contribution in [3.63, 3.8) is 0 Å². The van der Waals surface area contributed by atoms with Crippen molar-refractivity contribution in [2.45, 2.75) is 26.3 Å². The number of allylic oxidation sites excluding steroid dienone is 1. The van der Waals surface area contributed by atoms with Gasteiger partial charge in [0.05, 0.1) is 25.8 Å². The number of amidine groups is 1. The number of nitrogens with zero attached hydrogens (tertiary/aromatic N) is 4. The van der Waals surface area contributed by atoms with Gasteiger partial charge in [0.1, 0.15) is 23.0 Å². The molecule has 2 N–H and O–H groups in total. The van der Waals surface area contributed by atoms with E-state index in [2.05, 4.69) is 23.4 Å². The van der Waals surface area contributed by atoms with Crippen LogP contribution < -0.4 is 15.2 Å². The summed E-state index contributed by atoms with van der Waals surface area (Å²) in [6.45, 7) is 8.65. The number of methoxy groups -OCH3 is 2. The van der Waals surface area contributed by atoms with E-state index in [0.29, 0.717) is 47.2 Å². The molecule has 1 fully saturated rings. The third-order valence-electron chi connectivity index (χ3n) is 5.44. The first-order chi connectivity index (χ1) is 15.9. The monoisotopic (exact) mass is 447 g/mol. The molecule has 1 atom stereocenters. The summed E-state index contributed by atoms with van der Waals surface area (Å²) in [6.07, 6.45) is 5.52. The molecular formula is C25H29N5O3. The van der Waals surface area contributed by atoms with Crippen molar-refractivity contribution in [3.8, 4) is 23.3 Å². The number of amides is 1. The summed E-state index contributed by atoms with van der Waals surface area (Å²) in [5.74, 6) is 7.84. The van der Waals surface area contributed by atoms with Crippen LogP contribution >= 0.6 is 0 Å². The Hall–Kier alpha value is -3.99. The fourth-order valence-corrected chi connectivity index (χ4v) is 3.83. The lowest BCUT2D eigenvalue weighted by Crippen LogP contribution is -2.27. The van der Waals surface area contributed by atoms with E-state index in [0.717, 1.165) is 12.1 Å². The van der Waals surface area contributed by atoms with E-state index < -0.39 is 0 Å². The Morgan fingerprint density at radius 3 is 2.58 bits per heavy atom. The molecular weight excluding hydrogens is 418 g/mol. The SMILES string of the molecule is C=CN=C(N)c1c(C#Cc2cc(OC)cc(OC)c2)nn(C2CCN(C(=O)/C=C/C)C2)c1C. The maximum Gasteiger partial charge on any atom is 0.246 e. The van der Waals surface area contributed by atoms with Crippen molar-refractivity contribution in [3.05, 3.63) is 65.6 Å². The van der Waals surface area contributed by atoms with E-state index in [1.54, 1.807) is 32.4 Å². The number of carbonyl (C=O) groups excluding carboxylic acids is 1. The second kappa shape index (κ2) is 10.6. The van der Waals surface area contributed by atoms with Gasteiger partial charge in [-0.3, -0.25) is 9.48 Å². The lowest BCUT2D eigenvalue weighted by atomic mass is 10.1. The fourth-order valence-electron chi connectivity index (χ4n) is 3.83. The Kier molecular flexibility index (Phi) is 7.57. The molecule has 1 aromatic carbocycles. The Morgan fingerprint density at radius 1 is 1.27 bits per heavy atom. The molecule has 1 saturated heterocycles. The van der Waals surface area contributed by atoms with Gasteiger partial charge in [-0.05, 0) is 44.4 Å². The summed E-state index contributed by atoms with van der Waals surface area (Å²) >= 11 is 0. The normalized spacial score (nSPS) is 15.9. The standard InChI is InChI=1S/C25H29N5O3/c1-6-8-23(31)29-12-11-19(16-29)30-17(3)24(25(26)27-7-2)22(28-30)10-9-18-13-20(32-4)15-21(14-18)33-5/h6-8,13-15,19H,2,11-12,16H2,1,3-5H3,(H2,26,27)/b8-6+. The average molecular weight is 448 g/mol. The van der Waals surface area contributed by atoms with Crippen molar-refractivity contribution in [1.29, 1.82) is 0 Å². The number of hydrogen-bond donors (Lipinski definition) is 1. The van der Waals surface area contributed by atoms with Crippen LogP contribution in [0.5, 0.6) is 11.5 Å². The number of benzene rings is 1. The number of hydrogen-bond acceptors (Lipinski definition) is 5. The van der Waals surface area contributed by atoms with Gasteiger partial charge in [0, 0.05) is 36.6 Å². The van der Waals surface area contributed by atoms with E-state index in [1.807, 2.05) is 35.6 Å². The summed E-state index contributed by atoms with van der Waals surface area (Å²) in [6, 6.07) is 5.46. The van der Waals surface area contributed by atoms with Crippen molar-refractivity contribution in [2.24, 2.45) is 10.7 Å². The molecule has 0 radical (unpaired) electrons. The summed E-state index contributed by atoms with van der Waals surface area (Å²) in [4.78, 5) is 18.2. The molecule has 0 spiro atoms. The number of likely N-dealkylation sites (tertiary alicyclic amines) is 1. The topological polar surface area (TPSA) is 95.0 Å². The summed E-state index contributed by atoms with van der Waals surface area (Å²) < 4.78 is 12.6. The second-order valence-corrected chi connectivity index (χ2v) is 7.53. The largest absolute Gasteiger partial charge is 0.497 e. The number of aliphatic imine (C=N–C) groups is 1. The van der Waals surface area contributed by atoms with Crippen LogP contribution in [-0.4, -0.2) is 53.7 Å². The van der Waals surface area contributed by atoms with Gasteiger partial charge in [-0.2, -0.15) is 5.10 Å². The van der Waals surface area contributed by atoms with Gasteiger partial charge >= 0.3 is 0 Å². The molecule has 8 nitrogen and oxygen atoms in total. The molecule has 0 bridgehead atoms. The summed E-state index contributed by atoms with van der Waals surface area (Å²) in [5.41, 5.74) is 8.97. The van der Waals surface area contributed by atoms with Crippen LogP contribution in [0.4, 0.5) is 0 Å². The maximum atomic E-state index is 12.3. The Bertz CT molecular complexity index is 1140. The second-order valence-electron chi connectivity index (χ2n) is 7.53. The Labute approximate surface area is 194 Å². The number of rotatable bonds is 6. The first-order valence-corrected chi connectivity index (χ1v) is 10.6. The van der Waals surface area contributed by atoms with Crippen molar-refractivity contribution < 1.29 is 14.3 Å². The maximum absolute atomic E-state index is 12.3. The van der Waals surface area contributed by atoms with Crippen molar-refractivity contribution in [1.82, 2.24) is 14.7 Å². The predicted octanol–water partition coefficient (Wildman–Crippen LogP) is 2.81. The molecule has 1 aliphatic rings. The van der Waals surface area contributed by atoms with Crippen LogP contribution in [0.15, 0.2) is 48.1 Å². The molecule has 2 heterocycles. The lowest BCUT2D eigenvalue weighted by Gasteiger charge is -2.15. The molecule has 2 aromatic rings. The van der Waals surface area contributed by atoms with Gasteiger partial charge < -0.3 is 20.1 Å². The van der Waals surface area contributed by atoms with Crippen LogP contribution in [-0.2, 0) is 4.79 Å². The predicted molar refractivity (Wildman–Crippen MR) is 128 cm³/mol. The molecule has 1 aliphatic heterocycles. The minimum absolute atomic E-state index is 0.00440. The average Bonchev–Trinajstić information content (AvgIpc) is 3.42. The number of aromatic nitrogens is 2. The van der Waals surface area contributed by atoms with E-state index in [-0.39, 0.29) is 11.9 Å². The molecule has 0 aliphatic carbocycles. The van der Waals surface area contributed by atoms with Gasteiger partial charge in [-0.15, -0.1) is 0 Å².